The molecule has 0 saturated carbocycles. The number of aryl methyl sites for hydroxylation is 1. The van der Waals surface area contributed by atoms with Crippen molar-refractivity contribution in [3.8, 4) is 5.75 Å². The standard InChI is InChI=1S/C24H29N3O3/c1-16(25-24(30)20-11-10-17-6-4-9-21(28)23(17)20)14-22(29)26-18-7-5-8-19(15-18)27-12-2-3-13-27/h4-9,15-16,20,28H,2-3,10-14H2,1H3,(H,25,30)(H,26,29). The highest BCUT2D eigenvalue weighted by Crippen LogP contribution is 2.39. The van der Waals surface area contributed by atoms with Gasteiger partial charge in [0.1, 0.15) is 5.75 Å². The van der Waals surface area contributed by atoms with Gasteiger partial charge in [0.2, 0.25) is 11.8 Å². The summed E-state index contributed by atoms with van der Waals surface area (Å²) in [5, 5.41) is 16.0. The summed E-state index contributed by atoms with van der Waals surface area (Å²) in [5.41, 5.74) is 3.66. The fourth-order valence-corrected chi connectivity index (χ4v) is 4.57. The summed E-state index contributed by atoms with van der Waals surface area (Å²) in [6, 6.07) is 13.0. The van der Waals surface area contributed by atoms with Crippen molar-refractivity contribution in [3.05, 3.63) is 53.6 Å². The van der Waals surface area contributed by atoms with Crippen LogP contribution >= 0.6 is 0 Å². The molecular formula is C24H29N3O3. The van der Waals surface area contributed by atoms with E-state index in [4.69, 9.17) is 0 Å². The maximum atomic E-state index is 12.7. The van der Waals surface area contributed by atoms with Gasteiger partial charge in [-0.25, -0.2) is 0 Å². The Morgan fingerprint density at radius 2 is 1.93 bits per heavy atom. The van der Waals surface area contributed by atoms with Crippen molar-refractivity contribution in [2.45, 2.75) is 51.0 Å². The third kappa shape index (κ3) is 4.42. The number of nitrogens with zero attached hydrogens (tertiary/aromatic N) is 1. The second-order valence-corrected chi connectivity index (χ2v) is 8.35. The molecule has 1 aliphatic heterocycles. The minimum atomic E-state index is -0.358. The molecule has 6 heteroatoms. The molecule has 158 valence electrons. The highest BCUT2D eigenvalue weighted by atomic mass is 16.3. The van der Waals surface area contributed by atoms with Crippen LogP contribution in [0.5, 0.6) is 5.75 Å². The Hall–Kier alpha value is -3.02. The van der Waals surface area contributed by atoms with Crippen LogP contribution in [-0.4, -0.2) is 36.1 Å². The van der Waals surface area contributed by atoms with Crippen molar-refractivity contribution in [2.24, 2.45) is 0 Å². The zero-order valence-corrected chi connectivity index (χ0v) is 17.4. The van der Waals surface area contributed by atoms with Gasteiger partial charge in [-0.1, -0.05) is 18.2 Å². The molecule has 1 saturated heterocycles. The highest BCUT2D eigenvalue weighted by Gasteiger charge is 2.31. The first kappa shape index (κ1) is 20.3. The number of hydrogen-bond acceptors (Lipinski definition) is 4. The monoisotopic (exact) mass is 407 g/mol. The molecule has 2 amide bonds. The minimum Gasteiger partial charge on any atom is -0.508 e. The number of aromatic hydroxyl groups is 1. The number of fused-ring (bicyclic) bond motifs is 1. The second kappa shape index (κ2) is 8.78. The molecule has 1 aliphatic carbocycles. The van der Waals surface area contributed by atoms with E-state index in [1.54, 1.807) is 12.1 Å². The third-order valence-electron chi connectivity index (χ3n) is 6.02. The van der Waals surface area contributed by atoms with Gasteiger partial charge in [-0.2, -0.15) is 0 Å². The normalized spacial score (nSPS) is 18.7. The fourth-order valence-electron chi connectivity index (χ4n) is 4.57. The summed E-state index contributed by atoms with van der Waals surface area (Å²) < 4.78 is 0. The number of anilines is 2. The van der Waals surface area contributed by atoms with Crippen LogP contribution in [0.4, 0.5) is 11.4 Å². The molecule has 2 aliphatic rings. The average Bonchev–Trinajstić information content (AvgIpc) is 3.39. The Balaban J connectivity index is 1.31. The smallest absolute Gasteiger partial charge is 0.227 e. The van der Waals surface area contributed by atoms with E-state index >= 15 is 0 Å². The van der Waals surface area contributed by atoms with Crippen molar-refractivity contribution >= 4 is 23.2 Å². The van der Waals surface area contributed by atoms with Gasteiger partial charge in [-0.15, -0.1) is 0 Å². The minimum absolute atomic E-state index is 0.129. The van der Waals surface area contributed by atoms with Gasteiger partial charge in [-0.05, 0) is 62.4 Å². The highest BCUT2D eigenvalue weighted by molar-refractivity contribution is 5.92. The lowest BCUT2D eigenvalue weighted by Crippen LogP contribution is -2.38. The van der Waals surface area contributed by atoms with Crippen molar-refractivity contribution < 1.29 is 14.7 Å². The molecule has 30 heavy (non-hydrogen) atoms. The van der Waals surface area contributed by atoms with Crippen LogP contribution in [0.15, 0.2) is 42.5 Å². The van der Waals surface area contributed by atoms with Crippen molar-refractivity contribution in [1.82, 2.24) is 5.32 Å². The van der Waals surface area contributed by atoms with Crippen molar-refractivity contribution in [2.75, 3.05) is 23.3 Å². The molecule has 1 heterocycles. The number of carbonyl (C=O) groups excluding carboxylic acids is 2. The lowest BCUT2D eigenvalue weighted by molar-refractivity contribution is -0.123. The molecule has 4 rings (SSSR count). The Bertz CT molecular complexity index is 937. The van der Waals surface area contributed by atoms with Crippen LogP contribution in [-0.2, 0) is 16.0 Å². The lowest BCUT2D eigenvalue weighted by atomic mass is 9.99. The van der Waals surface area contributed by atoms with E-state index < -0.39 is 0 Å². The lowest BCUT2D eigenvalue weighted by Gasteiger charge is -2.19. The Labute approximate surface area is 177 Å². The van der Waals surface area contributed by atoms with E-state index in [-0.39, 0.29) is 35.9 Å². The molecule has 0 spiro atoms. The molecule has 3 N–H and O–H groups in total. The number of amides is 2. The van der Waals surface area contributed by atoms with E-state index in [9.17, 15) is 14.7 Å². The largest absolute Gasteiger partial charge is 0.508 e. The molecule has 6 nitrogen and oxygen atoms in total. The van der Waals surface area contributed by atoms with Crippen LogP contribution in [0.25, 0.3) is 0 Å². The molecule has 2 aromatic carbocycles. The van der Waals surface area contributed by atoms with Crippen LogP contribution in [0.3, 0.4) is 0 Å². The van der Waals surface area contributed by atoms with E-state index in [0.29, 0.717) is 6.42 Å². The Kier molecular flexibility index (Phi) is 5.93. The van der Waals surface area contributed by atoms with Gasteiger partial charge >= 0.3 is 0 Å². The summed E-state index contributed by atoms with van der Waals surface area (Å²) in [4.78, 5) is 27.6. The molecule has 1 fully saturated rings. The van der Waals surface area contributed by atoms with Crippen molar-refractivity contribution in [1.29, 1.82) is 0 Å². The molecule has 0 bridgehead atoms. The maximum Gasteiger partial charge on any atom is 0.227 e. The summed E-state index contributed by atoms with van der Waals surface area (Å²) in [6.45, 7) is 3.94. The number of hydrogen-bond donors (Lipinski definition) is 3. The predicted molar refractivity (Wildman–Crippen MR) is 118 cm³/mol. The number of nitrogens with one attached hydrogen (secondary N) is 2. The van der Waals surface area contributed by atoms with E-state index in [1.165, 1.54) is 12.8 Å². The van der Waals surface area contributed by atoms with Gasteiger partial charge in [0.15, 0.2) is 0 Å². The van der Waals surface area contributed by atoms with E-state index in [0.717, 1.165) is 42.0 Å². The predicted octanol–water partition coefficient (Wildman–Crippen LogP) is 3.56. The number of carbonyl (C=O) groups is 2. The van der Waals surface area contributed by atoms with Crippen LogP contribution in [0.1, 0.15) is 49.7 Å². The number of rotatable bonds is 6. The molecule has 2 atom stereocenters. The average molecular weight is 408 g/mol. The van der Waals surface area contributed by atoms with Crippen LogP contribution in [0.2, 0.25) is 0 Å². The number of benzene rings is 2. The summed E-state index contributed by atoms with van der Waals surface area (Å²) in [7, 11) is 0. The maximum absolute atomic E-state index is 12.7. The third-order valence-corrected chi connectivity index (χ3v) is 6.02. The summed E-state index contributed by atoms with van der Waals surface area (Å²) in [5.74, 6) is -0.445. The first-order valence-corrected chi connectivity index (χ1v) is 10.8. The molecule has 2 aromatic rings. The van der Waals surface area contributed by atoms with E-state index in [1.807, 2.05) is 31.2 Å². The van der Waals surface area contributed by atoms with Crippen LogP contribution < -0.4 is 15.5 Å². The van der Waals surface area contributed by atoms with Gasteiger partial charge in [0.25, 0.3) is 0 Å². The van der Waals surface area contributed by atoms with Crippen LogP contribution in [0, 0.1) is 0 Å². The molecule has 0 aromatic heterocycles. The summed E-state index contributed by atoms with van der Waals surface area (Å²) >= 11 is 0. The van der Waals surface area contributed by atoms with E-state index in [2.05, 4.69) is 21.6 Å². The Morgan fingerprint density at radius 3 is 2.73 bits per heavy atom. The van der Waals surface area contributed by atoms with Gasteiger partial charge in [0.05, 0.1) is 5.92 Å². The zero-order chi connectivity index (χ0) is 21.1. The quantitative estimate of drug-likeness (QED) is 0.684. The topological polar surface area (TPSA) is 81.7 Å². The zero-order valence-electron chi connectivity index (χ0n) is 17.4. The van der Waals surface area contributed by atoms with Crippen molar-refractivity contribution in [3.63, 3.8) is 0 Å². The SMILES string of the molecule is CC(CC(=O)Nc1cccc(N2CCCC2)c1)NC(=O)C1CCc2cccc(O)c21. The van der Waals surface area contributed by atoms with Gasteiger partial charge < -0.3 is 20.6 Å². The first-order chi connectivity index (χ1) is 14.5. The summed E-state index contributed by atoms with van der Waals surface area (Å²) in [6.07, 6.45) is 4.07. The first-order valence-electron chi connectivity index (χ1n) is 10.8. The van der Waals surface area contributed by atoms with Gasteiger partial charge in [-0.3, -0.25) is 9.59 Å². The molecule has 0 radical (unpaired) electrons. The number of phenols is 1. The fraction of sp³-hybridized carbons (Fsp3) is 0.417. The van der Waals surface area contributed by atoms with Gasteiger partial charge in [0, 0.05) is 42.5 Å². The second-order valence-electron chi connectivity index (χ2n) is 8.35. The number of phenolic OH excluding ortho intramolecular Hbond substituents is 1. The molecule has 2 unspecified atom stereocenters. The Morgan fingerprint density at radius 1 is 1.17 bits per heavy atom. The molecular weight excluding hydrogens is 378 g/mol.